The molecule has 6 heteroatoms. The summed E-state index contributed by atoms with van der Waals surface area (Å²) in [7, 11) is -4.90. The van der Waals surface area contributed by atoms with Crippen molar-refractivity contribution in [2.75, 3.05) is 6.61 Å². The lowest BCUT2D eigenvalue weighted by Crippen LogP contribution is -2.23. The Labute approximate surface area is 109 Å². The molecule has 0 bridgehead atoms. The van der Waals surface area contributed by atoms with E-state index in [1.807, 2.05) is 0 Å². The van der Waals surface area contributed by atoms with Crippen molar-refractivity contribution in [2.24, 2.45) is 0 Å². The van der Waals surface area contributed by atoms with Crippen molar-refractivity contribution < 1.29 is 17.4 Å². The maximum atomic E-state index is 11.2. The van der Waals surface area contributed by atoms with E-state index in [1.165, 1.54) is 12.5 Å². The molecule has 99 valence electrons. The first-order valence-electron chi connectivity index (χ1n) is 6.10. The Hall–Kier alpha value is -0.693. The van der Waals surface area contributed by atoms with Crippen LogP contribution >= 0.6 is 0 Å². The van der Waals surface area contributed by atoms with Crippen molar-refractivity contribution in [2.45, 2.75) is 36.2 Å². The molecule has 1 N–H and O–H groups in total. The van der Waals surface area contributed by atoms with E-state index < -0.39 is 19.2 Å². The van der Waals surface area contributed by atoms with Crippen LogP contribution < -0.4 is 0 Å². The highest BCUT2D eigenvalue weighted by Gasteiger charge is 2.19. The average molecular weight is 285 g/mol. The highest BCUT2D eigenvalue weighted by Crippen LogP contribution is 2.20. The van der Waals surface area contributed by atoms with Gasteiger partial charge in [0.25, 0.3) is 10.1 Å². The van der Waals surface area contributed by atoms with Gasteiger partial charge in [0, 0.05) is 6.61 Å². The van der Waals surface area contributed by atoms with Crippen LogP contribution in [0, 0.1) is 0 Å². The molecule has 0 atom stereocenters. The third-order valence-electron chi connectivity index (χ3n) is 3.08. The standard InChI is InChI=1S/C12H17O4SSi/c13-17(14,15)12-6-2-1-5-11(12)7-10-18-9-4-3-8-16-18/h1-2,5-6H,3-4,7-10H2,(H,13,14,15). The molecule has 0 aromatic heterocycles. The monoisotopic (exact) mass is 285 g/mol. The van der Waals surface area contributed by atoms with Gasteiger partial charge in [-0.05, 0) is 36.6 Å². The summed E-state index contributed by atoms with van der Waals surface area (Å²) < 4.78 is 37.3. The third-order valence-corrected chi connectivity index (χ3v) is 6.37. The SMILES string of the molecule is O=S(=O)(O)c1ccccc1CC[Si]1CCCCO1. The highest BCUT2D eigenvalue weighted by atomic mass is 32.2. The van der Waals surface area contributed by atoms with Crippen molar-refractivity contribution in [3.63, 3.8) is 0 Å². The van der Waals surface area contributed by atoms with Gasteiger partial charge in [0.15, 0.2) is 0 Å². The smallest absolute Gasteiger partial charge is 0.294 e. The number of rotatable bonds is 4. The van der Waals surface area contributed by atoms with Gasteiger partial charge in [0.05, 0.1) is 4.90 Å². The first-order valence-corrected chi connectivity index (χ1v) is 9.36. The van der Waals surface area contributed by atoms with Crippen LogP contribution in [0.15, 0.2) is 29.2 Å². The van der Waals surface area contributed by atoms with Crippen LogP contribution in [0.2, 0.25) is 12.1 Å². The molecule has 0 spiro atoms. The van der Waals surface area contributed by atoms with E-state index in [4.69, 9.17) is 8.98 Å². The average Bonchev–Trinajstić information content (AvgIpc) is 2.37. The zero-order valence-corrected chi connectivity index (χ0v) is 11.9. The summed E-state index contributed by atoms with van der Waals surface area (Å²) in [5.41, 5.74) is 0.687. The second-order valence-electron chi connectivity index (χ2n) is 4.43. The van der Waals surface area contributed by atoms with Gasteiger partial charge in [-0.3, -0.25) is 4.55 Å². The zero-order valence-electron chi connectivity index (χ0n) is 10.1. The van der Waals surface area contributed by atoms with Crippen LogP contribution in [0.5, 0.6) is 0 Å². The van der Waals surface area contributed by atoms with E-state index in [0.29, 0.717) is 12.0 Å². The quantitative estimate of drug-likeness (QED) is 0.681. The molecule has 0 saturated carbocycles. The normalized spacial score (nSPS) is 17.8. The Morgan fingerprint density at radius 2 is 2.06 bits per heavy atom. The molecule has 1 fully saturated rings. The molecule has 1 aromatic rings. The van der Waals surface area contributed by atoms with E-state index >= 15 is 0 Å². The molecule has 4 nitrogen and oxygen atoms in total. The Kier molecular flexibility index (Phi) is 4.55. The van der Waals surface area contributed by atoms with Crippen LogP contribution in [-0.2, 0) is 21.0 Å². The fraction of sp³-hybridized carbons (Fsp3) is 0.500. The fourth-order valence-electron chi connectivity index (χ4n) is 2.15. The van der Waals surface area contributed by atoms with Gasteiger partial charge in [-0.25, -0.2) is 0 Å². The Morgan fingerprint density at radius 1 is 1.28 bits per heavy atom. The maximum Gasteiger partial charge on any atom is 0.294 e. The highest BCUT2D eigenvalue weighted by molar-refractivity contribution is 7.85. The fourth-order valence-corrected chi connectivity index (χ4v) is 5.06. The second kappa shape index (κ2) is 5.97. The summed E-state index contributed by atoms with van der Waals surface area (Å²) in [6, 6.07) is 8.66. The minimum atomic E-state index is -4.12. The molecular weight excluding hydrogens is 268 g/mol. The van der Waals surface area contributed by atoms with Crippen molar-refractivity contribution in [3.8, 4) is 0 Å². The molecular formula is C12H17O4SSi. The van der Waals surface area contributed by atoms with Gasteiger partial charge in [-0.1, -0.05) is 24.6 Å². The van der Waals surface area contributed by atoms with Crippen LogP contribution in [-0.4, -0.2) is 28.6 Å². The van der Waals surface area contributed by atoms with Gasteiger partial charge in [-0.15, -0.1) is 0 Å². The summed E-state index contributed by atoms with van der Waals surface area (Å²) in [6.45, 7) is 0.842. The molecule has 0 amide bonds. The van der Waals surface area contributed by atoms with Gasteiger partial charge >= 0.3 is 0 Å². The summed E-state index contributed by atoms with van der Waals surface area (Å²) in [6.07, 6.45) is 3.01. The number of hydrogen-bond donors (Lipinski definition) is 1. The first-order chi connectivity index (χ1) is 8.57. The Balaban J connectivity index is 2.05. The lowest BCUT2D eigenvalue weighted by Gasteiger charge is -2.20. The summed E-state index contributed by atoms with van der Waals surface area (Å²) in [4.78, 5) is 0.0309. The topological polar surface area (TPSA) is 63.6 Å². The lowest BCUT2D eigenvalue weighted by atomic mass is 10.2. The predicted molar refractivity (Wildman–Crippen MR) is 70.5 cm³/mol. The van der Waals surface area contributed by atoms with Crippen LogP contribution in [0.3, 0.4) is 0 Å². The molecule has 1 saturated heterocycles. The van der Waals surface area contributed by atoms with E-state index in [0.717, 1.165) is 25.1 Å². The molecule has 1 aromatic carbocycles. The second-order valence-corrected chi connectivity index (χ2v) is 8.18. The first kappa shape index (κ1) is 13.7. The molecule has 1 aliphatic heterocycles. The molecule has 18 heavy (non-hydrogen) atoms. The van der Waals surface area contributed by atoms with E-state index in [-0.39, 0.29) is 4.90 Å². The van der Waals surface area contributed by atoms with Crippen molar-refractivity contribution in [1.82, 2.24) is 0 Å². The minimum Gasteiger partial charge on any atom is -0.417 e. The van der Waals surface area contributed by atoms with Gasteiger partial charge in [0.1, 0.15) is 0 Å². The summed E-state index contributed by atoms with van der Waals surface area (Å²) in [5, 5.41) is 0. The van der Waals surface area contributed by atoms with E-state index in [2.05, 4.69) is 0 Å². The van der Waals surface area contributed by atoms with E-state index in [1.54, 1.807) is 18.2 Å². The van der Waals surface area contributed by atoms with Crippen molar-refractivity contribution >= 4 is 19.2 Å². The molecule has 0 unspecified atom stereocenters. The van der Waals surface area contributed by atoms with Crippen LogP contribution in [0.25, 0.3) is 0 Å². The van der Waals surface area contributed by atoms with E-state index in [9.17, 15) is 8.42 Å². The minimum absolute atomic E-state index is 0.0309. The van der Waals surface area contributed by atoms with Gasteiger partial charge in [0.2, 0.25) is 9.04 Å². The molecule has 1 aliphatic rings. The van der Waals surface area contributed by atoms with Crippen molar-refractivity contribution in [1.29, 1.82) is 0 Å². The molecule has 2 rings (SSSR count). The number of hydrogen-bond acceptors (Lipinski definition) is 3. The van der Waals surface area contributed by atoms with Crippen LogP contribution in [0.4, 0.5) is 0 Å². The maximum absolute atomic E-state index is 11.2. The molecule has 1 heterocycles. The Bertz CT molecular complexity index is 495. The third kappa shape index (κ3) is 3.65. The Morgan fingerprint density at radius 3 is 2.72 bits per heavy atom. The largest absolute Gasteiger partial charge is 0.417 e. The van der Waals surface area contributed by atoms with Gasteiger partial charge < -0.3 is 4.43 Å². The zero-order chi connectivity index (χ0) is 13.0. The summed E-state index contributed by atoms with van der Waals surface area (Å²) >= 11 is 0. The molecule has 0 aliphatic carbocycles. The predicted octanol–water partition coefficient (Wildman–Crippen LogP) is 2.28. The molecule has 1 radical (unpaired) electrons. The van der Waals surface area contributed by atoms with Crippen molar-refractivity contribution in [3.05, 3.63) is 29.8 Å². The number of aryl methyl sites for hydroxylation is 1. The lowest BCUT2D eigenvalue weighted by molar-refractivity contribution is 0.286. The van der Waals surface area contributed by atoms with Crippen LogP contribution in [0.1, 0.15) is 18.4 Å². The van der Waals surface area contributed by atoms with Gasteiger partial charge in [-0.2, -0.15) is 8.42 Å². The summed E-state index contributed by atoms with van der Waals surface area (Å²) in [5.74, 6) is 0. The number of benzene rings is 1.